The molecule has 1 aromatic carbocycles. The molecule has 0 spiro atoms. The second kappa shape index (κ2) is 9.64. The molecule has 28 heavy (non-hydrogen) atoms. The summed E-state index contributed by atoms with van der Waals surface area (Å²) in [6.45, 7) is 0.432. The Balaban J connectivity index is 1.90. The van der Waals surface area contributed by atoms with E-state index in [2.05, 4.69) is 20.9 Å². The average molecular weight is 443 g/mol. The Morgan fingerprint density at radius 2 is 1.96 bits per heavy atom. The van der Waals surface area contributed by atoms with Crippen LogP contribution in [0.25, 0.3) is 6.08 Å². The lowest BCUT2D eigenvalue weighted by Gasteiger charge is -2.29. The molecule has 1 fully saturated rings. The van der Waals surface area contributed by atoms with Crippen LogP contribution in [0.3, 0.4) is 0 Å². The highest BCUT2D eigenvalue weighted by atomic mass is 79.9. The molecule has 3 rings (SSSR count). The Morgan fingerprint density at radius 3 is 2.64 bits per heavy atom. The van der Waals surface area contributed by atoms with Crippen LogP contribution in [0.2, 0.25) is 0 Å². The zero-order valence-corrected chi connectivity index (χ0v) is 17.1. The van der Waals surface area contributed by atoms with Crippen molar-refractivity contribution in [3.63, 3.8) is 0 Å². The van der Waals surface area contributed by atoms with Crippen LogP contribution in [0.15, 0.2) is 53.3 Å². The van der Waals surface area contributed by atoms with E-state index in [-0.39, 0.29) is 11.8 Å². The lowest BCUT2D eigenvalue weighted by molar-refractivity contribution is -0.131. The fourth-order valence-corrected chi connectivity index (χ4v) is 3.75. The summed E-state index contributed by atoms with van der Waals surface area (Å²) in [5, 5.41) is 8.87. The van der Waals surface area contributed by atoms with Gasteiger partial charge in [-0.05, 0) is 64.2 Å². The molecular weight excluding hydrogens is 420 g/mol. The summed E-state index contributed by atoms with van der Waals surface area (Å²) in [5.41, 5.74) is 2.46. The first-order chi connectivity index (χ1) is 13.5. The van der Waals surface area contributed by atoms with Gasteiger partial charge in [0.25, 0.3) is 0 Å². The molecule has 0 saturated heterocycles. The Kier molecular flexibility index (Phi) is 6.98. The maximum absolute atomic E-state index is 13.3. The highest BCUT2D eigenvalue weighted by Gasteiger charge is 2.27. The molecule has 1 saturated carbocycles. The number of benzene rings is 1. The first kappa shape index (κ1) is 20.3. The first-order valence-electron chi connectivity index (χ1n) is 9.46. The monoisotopic (exact) mass is 442 g/mol. The van der Waals surface area contributed by atoms with Crippen molar-refractivity contribution >= 4 is 39.6 Å². The number of carbonyl (C=O) groups is 2. The second-order valence-corrected chi connectivity index (χ2v) is 7.83. The van der Waals surface area contributed by atoms with Crippen LogP contribution in [-0.4, -0.2) is 22.0 Å². The van der Waals surface area contributed by atoms with Crippen LogP contribution in [0, 0.1) is 5.92 Å². The standard InChI is InChI=1S/C22H23BrN2O3/c23-20-11-9-17(14-24-20)15-25(22(28)18-6-2-1-3-7-18)19-8-4-5-16(13-19)10-12-21(26)27/h4-5,8-14,18H,1-3,6-7,15H2,(H,26,27). The van der Waals surface area contributed by atoms with Gasteiger partial charge in [0, 0.05) is 23.9 Å². The van der Waals surface area contributed by atoms with Crippen molar-refractivity contribution in [2.45, 2.75) is 38.6 Å². The number of carbonyl (C=O) groups excluding carboxylic acids is 1. The number of pyridine rings is 1. The molecule has 5 nitrogen and oxygen atoms in total. The fraction of sp³-hybridized carbons (Fsp3) is 0.318. The van der Waals surface area contributed by atoms with Crippen molar-refractivity contribution in [2.24, 2.45) is 5.92 Å². The van der Waals surface area contributed by atoms with Crippen LogP contribution in [0.4, 0.5) is 5.69 Å². The third-order valence-electron chi connectivity index (χ3n) is 4.95. The summed E-state index contributed by atoms with van der Waals surface area (Å²) < 4.78 is 0.752. The van der Waals surface area contributed by atoms with Crippen LogP contribution < -0.4 is 4.90 Å². The molecule has 0 radical (unpaired) electrons. The van der Waals surface area contributed by atoms with E-state index in [1.54, 1.807) is 11.1 Å². The minimum atomic E-state index is -0.999. The molecule has 1 amide bonds. The molecule has 6 heteroatoms. The molecule has 1 aliphatic rings. The van der Waals surface area contributed by atoms with Crippen molar-refractivity contribution in [2.75, 3.05) is 4.90 Å². The van der Waals surface area contributed by atoms with Gasteiger partial charge in [0.05, 0.1) is 6.54 Å². The van der Waals surface area contributed by atoms with E-state index in [1.165, 1.54) is 12.5 Å². The van der Waals surface area contributed by atoms with Gasteiger partial charge in [0.15, 0.2) is 0 Å². The molecule has 0 unspecified atom stereocenters. The average Bonchev–Trinajstić information content (AvgIpc) is 2.72. The normalized spacial score (nSPS) is 14.9. The van der Waals surface area contributed by atoms with Crippen LogP contribution in [-0.2, 0) is 16.1 Å². The van der Waals surface area contributed by atoms with Crippen molar-refractivity contribution in [1.82, 2.24) is 4.98 Å². The van der Waals surface area contributed by atoms with Gasteiger partial charge < -0.3 is 10.0 Å². The number of aromatic nitrogens is 1. The van der Waals surface area contributed by atoms with Gasteiger partial charge in [0.1, 0.15) is 4.60 Å². The minimum absolute atomic E-state index is 0.0374. The molecule has 146 valence electrons. The lowest BCUT2D eigenvalue weighted by atomic mass is 9.88. The predicted molar refractivity (Wildman–Crippen MR) is 113 cm³/mol. The Bertz CT molecular complexity index is 858. The number of hydrogen-bond donors (Lipinski definition) is 1. The summed E-state index contributed by atoms with van der Waals surface area (Å²) in [4.78, 5) is 30.2. The highest BCUT2D eigenvalue weighted by Crippen LogP contribution is 2.29. The van der Waals surface area contributed by atoms with Crippen LogP contribution in [0.5, 0.6) is 0 Å². The number of amides is 1. The summed E-state index contributed by atoms with van der Waals surface area (Å²) in [6, 6.07) is 11.2. The number of aliphatic carboxylic acids is 1. The molecule has 2 aromatic rings. The van der Waals surface area contributed by atoms with E-state index >= 15 is 0 Å². The van der Waals surface area contributed by atoms with Crippen LogP contribution >= 0.6 is 15.9 Å². The molecule has 0 atom stereocenters. The second-order valence-electron chi connectivity index (χ2n) is 7.02. The fourth-order valence-electron chi connectivity index (χ4n) is 3.51. The van der Waals surface area contributed by atoms with Crippen molar-refractivity contribution in [3.8, 4) is 0 Å². The number of hydrogen-bond acceptors (Lipinski definition) is 3. The summed E-state index contributed by atoms with van der Waals surface area (Å²) in [5.74, 6) is -0.834. The number of nitrogens with zero attached hydrogens (tertiary/aromatic N) is 2. The van der Waals surface area contributed by atoms with Gasteiger partial charge in [-0.15, -0.1) is 0 Å². The zero-order valence-electron chi connectivity index (χ0n) is 15.6. The summed E-state index contributed by atoms with van der Waals surface area (Å²) >= 11 is 3.34. The summed E-state index contributed by atoms with van der Waals surface area (Å²) in [6.07, 6.45) is 9.62. The van der Waals surface area contributed by atoms with Crippen molar-refractivity contribution in [3.05, 3.63) is 64.4 Å². The topological polar surface area (TPSA) is 70.5 Å². The summed E-state index contributed by atoms with van der Waals surface area (Å²) in [7, 11) is 0. The molecule has 1 heterocycles. The van der Waals surface area contributed by atoms with Gasteiger partial charge in [0.2, 0.25) is 5.91 Å². The SMILES string of the molecule is O=C(O)C=Cc1cccc(N(Cc2ccc(Br)nc2)C(=O)C2CCCCC2)c1. The Hall–Kier alpha value is -2.47. The Labute approximate surface area is 173 Å². The molecule has 1 aliphatic carbocycles. The van der Waals surface area contributed by atoms with Gasteiger partial charge in [-0.25, -0.2) is 9.78 Å². The quantitative estimate of drug-likeness (QED) is 0.501. The van der Waals surface area contributed by atoms with E-state index in [9.17, 15) is 9.59 Å². The van der Waals surface area contributed by atoms with E-state index in [4.69, 9.17) is 5.11 Å². The number of carboxylic acid groups (broad SMARTS) is 1. The molecular formula is C22H23BrN2O3. The number of rotatable bonds is 6. The third-order valence-corrected chi connectivity index (χ3v) is 5.42. The smallest absolute Gasteiger partial charge is 0.328 e. The van der Waals surface area contributed by atoms with Crippen LogP contribution in [0.1, 0.15) is 43.2 Å². The number of anilines is 1. The molecule has 1 N–H and O–H groups in total. The lowest BCUT2D eigenvalue weighted by Crippen LogP contribution is -2.36. The van der Waals surface area contributed by atoms with Crippen molar-refractivity contribution in [1.29, 1.82) is 0 Å². The van der Waals surface area contributed by atoms with E-state index in [0.717, 1.165) is 53.2 Å². The highest BCUT2D eigenvalue weighted by molar-refractivity contribution is 9.10. The minimum Gasteiger partial charge on any atom is -0.478 e. The zero-order chi connectivity index (χ0) is 19.9. The largest absolute Gasteiger partial charge is 0.478 e. The maximum Gasteiger partial charge on any atom is 0.328 e. The van der Waals surface area contributed by atoms with Gasteiger partial charge in [-0.2, -0.15) is 0 Å². The van der Waals surface area contributed by atoms with E-state index in [1.807, 2.05) is 36.4 Å². The molecule has 0 aliphatic heterocycles. The van der Waals surface area contributed by atoms with Gasteiger partial charge >= 0.3 is 5.97 Å². The Morgan fingerprint density at radius 1 is 1.18 bits per heavy atom. The van der Waals surface area contributed by atoms with Crippen molar-refractivity contribution < 1.29 is 14.7 Å². The van der Waals surface area contributed by atoms with Gasteiger partial charge in [-0.1, -0.05) is 37.5 Å². The number of halogens is 1. The van der Waals surface area contributed by atoms with Gasteiger partial charge in [-0.3, -0.25) is 4.79 Å². The first-order valence-corrected chi connectivity index (χ1v) is 10.2. The molecule has 1 aromatic heterocycles. The number of carboxylic acids is 1. The van der Waals surface area contributed by atoms with E-state index < -0.39 is 5.97 Å². The van der Waals surface area contributed by atoms with E-state index in [0.29, 0.717) is 6.54 Å². The maximum atomic E-state index is 13.3. The third kappa shape index (κ3) is 5.52. The predicted octanol–water partition coefficient (Wildman–Crippen LogP) is 5.06. The molecule has 0 bridgehead atoms.